The van der Waals surface area contributed by atoms with Gasteiger partial charge in [-0.3, -0.25) is 18.7 Å². The largest absolute Gasteiger partial charge is 0.366 e. The van der Waals surface area contributed by atoms with Gasteiger partial charge in [-0.25, -0.2) is 8.42 Å². The molecule has 3 amide bonds. The summed E-state index contributed by atoms with van der Waals surface area (Å²) in [5, 5.41) is 2.59. The van der Waals surface area contributed by atoms with Crippen molar-refractivity contribution in [3.05, 3.63) is 78.1 Å². The minimum Gasteiger partial charge on any atom is -0.366 e. The van der Waals surface area contributed by atoms with E-state index in [1.807, 2.05) is 0 Å². The van der Waals surface area contributed by atoms with Gasteiger partial charge in [0, 0.05) is 24.5 Å². The van der Waals surface area contributed by atoms with Crippen LogP contribution in [-0.2, 0) is 21.9 Å². The van der Waals surface area contributed by atoms with Crippen LogP contribution < -0.4 is 21.1 Å². The number of hydrogen-bond donors (Lipinski definition) is 3. The number of aromatic nitrogens is 1. The van der Waals surface area contributed by atoms with Gasteiger partial charge in [-0.15, -0.1) is 0 Å². The summed E-state index contributed by atoms with van der Waals surface area (Å²) >= 11 is 0. The second-order valence-electron chi connectivity index (χ2n) is 6.87. The van der Waals surface area contributed by atoms with Crippen molar-refractivity contribution in [1.29, 1.82) is 0 Å². The lowest BCUT2D eigenvalue weighted by molar-refractivity contribution is -0.114. The van der Waals surface area contributed by atoms with Crippen LogP contribution >= 0.6 is 0 Å². The van der Waals surface area contributed by atoms with E-state index in [1.54, 1.807) is 30.3 Å². The Labute approximate surface area is 184 Å². The van der Waals surface area contributed by atoms with E-state index in [9.17, 15) is 22.8 Å². The van der Waals surface area contributed by atoms with Crippen LogP contribution in [0.3, 0.4) is 0 Å². The molecule has 0 unspecified atom stereocenters. The maximum atomic E-state index is 13.4. The number of anilines is 2. The number of nitrogens with zero attached hydrogens (tertiary/aromatic N) is 2. The van der Waals surface area contributed by atoms with E-state index in [0.29, 0.717) is 5.69 Å². The average molecular weight is 455 g/mol. The normalized spacial score (nSPS) is 11.0. The highest BCUT2D eigenvalue weighted by atomic mass is 32.2. The average Bonchev–Trinajstić information content (AvgIpc) is 3.16. The van der Waals surface area contributed by atoms with Crippen molar-refractivity contribution in [2.75, 3.05) is 16.2 Å². The Morgan fingerprint density at radius 2 is 1.59 bits per heavy atom. The van der Waals surface area contributed by atoms with E-state index in [2.05, 4.69) is 5.32 Å². The second-order valence-corrected chi connectivity index (χ2v) is 8.74. The van der Waals surface area contributed by atoms with Gasteiger partial charge in [-0.05, 0) is 42.5 Å². The fourth-order valence-corrected chi connectivity index (χ4v) is 4.50. The molecule has 2 aromatic carbocycles. The predicted molar refractivity (Wildman–Crippen MR) is 118 cm³/mol. The van der Waals surface area contributed by atoms with Crippen molar-refractivity contribution in [2.45, 2.75) is 4.90 Å². The van der Waals surface area contributed by atoms with Crippen LogP contribution in [0, 0.1) is 0 Å². The molecule has 0 atom stereocenters. The Balaban J connectivity index is 1.91. The van der Waals surface area contributed by atoms with Crippen molar-refractivity contribution in [3.63, 3.8) is 0 Å². The molecule has 0 bridgehead atoms. The molecule has 1 aromatic heterocycles. The number of rotatable bonds is 8. The number of benzene rings is 2. The van der Waals surface area contributed by atoms with Crippen molar-refractivity contribution in [2.24, 2.45) is 18.5 Å². The molecular formula is C21H21N5O5S. The maximum absolute atomic E-state index is 13.4. The number of carbonyl (C=O) groups is 3. The number of aryl methyl sites for hydroxylation is 1. The van der Waals surface area contributed by atoms with E-state index in [1.165, 1.54) is 42.1 Å². The van der Waals surface area contributed by atoms with Crippen LogP contribution in [0.4, 0.5) is 11.4 Å². The van der Waals surface area contributed by atoms with Gasteiger partial charge in [0.25, 0.3) is 15.9 Å². The summed E-state index contributed by atoms with van der Waals surface area (Å²) in [5.74, 6) is -2.00. The summed E-state index contributed by atoms with van der Waals surface area (Å²) < 4.78 is 29.0. The molecule has 32 heavy (non-hydrogen) atoms. The Morgan fingerprint density at radius 1 is 0.969 bits per heavy atom. The Hall–Kier alpha value is -4.12. The third kappa shape index (κ3) is 4.78. The quantitative estimate of drug-likeness (QED) is 0.463. The van der Waals surface area contributed by atoms with Gasteiger partial charge in [-0.2, -0.15) is 0 Å². The number of nitrogens with two attached hydrogens (primary N) is 2. The zero-order valence-electron chi connectivity index (χ0n) is 17.1. The van der Waals surface area contributed by atoms with Crippen molar-refractivity contribution in [1.82, 2.24) is 4.57 Å². The molecule has 3 rings (SSSR count). The van der Waals surface area contributed by atoms with Crippen LogP contribution in [0.25, 0.3) is 0 Å². The number of primary amides is 2. The van der Waals surface area contributed by atoms with E-state index in [0.717, 1.165) is 10.4 Å². The molecule has 0 aliphatic heterocycles. The minimum absolute atomic E-state index is 0.00980. The summed E-state index contributed by atoms with van der Waals surface area (Å²) in [6.07, 6.45) is 1.26. The van der Waals surface area contributed by atoms with Gasteiger partial charge < -0.3 is 21.4 Å². The van der Waals surface area contributed by atoms with Crippen molar-refractivity contribution in [3.8, 4) is 0 Å². The van der Waals surface area contributed by atoms with E-state index in [4.69, 9.17) is 11.5 Å². The van der Waals surface area contributed by atoms with Crippen LogP contribution in [0.5, 0.6) is 0 Å². The third-order valence-electron chi connectivity index (χ3n) is 4.60. The number of sulfonamides is 1. The first kappa shape index (κ1) is 22.6. The van der Waals surface area contributed by atoms with Gasteiger partial charge in [0.15, 0.2) is 0 Å². The molecule has 0 aliphatic rings. The number of carbonyl (C=O) groups excluding carboxylic acids is 3. The van der Waals surface area contributed by atoms with E-state index < -0.39 is 34.3 Å². The predicted octanol–water partition coefficient (Wildman–Crippen LogP) is 1.06. The van der Waals surface area contributed by atoms with Crippen LogP contribution in [0.15, 0.2) is 71.8 Å². The van der Waals surface area contributed by atoms with Gasteiger partial charge in [0.1, 0.15) is 17.1 Å². The Kier molecular flexibility index (Phi) is 6.30. The monoisotopic (exact) mass is 455 g/mol. The first-order valence-electron chi connectivity index (χ1n) is 9.33. The number of hydrogen-bond acceptors (Lipinski definition) is 5. The molecule has 0 saturated carbocycles. The second kappa shape index (κ2) is 8.94. The molecule has 11 heteroatoms. The summed E-state index contributed by atoms with van der Waals surface area (Å²) in [6, 6.07) is 15.1. The third-order valence-corrected chi connectivity index (χ3v) is 6.34. The number of para-hydroxylation sites is 1. The van der Waals surface area contributed by atoms with Crippen molar-refractivity contribution >= 4 is 39.1 Å². The van der Waals surface area contributed by atoms with Gasteiger partial charge >= 0.3 is 0 Å². The molecule has 0 radical (unpaired) electrons. The first-order chi connectivity index (χ1) is 15.1. The zero-order chi connectivity index (χ0) is 23.5. The van der Waals surface area contributed by atoms with Gasteiger partial charge in [0.05, 0.1) is 5.69 Å². The summed E-state index contributed by atoms with van der Waals surface area (Å²) in [4.78, 5) is 35.2. The van der Waals surface area contributed by atoms with Crippen molar-refractivity contribution < 1.29 is 22.8 Å². The fourth-order valence-electron chi connectivity index (χ4n) is 3.01. The highest BCUT2D eigenvalue weighted by Gasteiger charge is 2.29. The maximum Gasteiger partial charge on any atom is 0.266 e. The highest BCUT2D eigenvalue weighted by molar-refractivity contribution is 7.92. The lowest BCUT2D eigenvalue weighted by atomic mass is 10.2. The number of amides is 3. The Bertz CT molecular complexity index is 1270. The topological polar surface area (TPSA) is 158 Å². The lowest BCUT2D eigenvalue weighted by Gasteiger charge is -2.23. The van der Waals surface area contributed by atoms with Crippen LogP contribution in [0.1, 0.15) is 20.8 Å². The fraction of sp³-hybridized carbons (Fsp3) is 0.0952. The summed E-state index contributed by atoms with van der Waals surface area (Å²) in [6.45, 7) is -0.537. The van der Waals surface area contributed by atoms with Crippen LogP contribution in [0.2, 0.25) is 0 Å². The molecule has 166 valence electrons. The molecule has 0 spiro atoms. The SMILES string of the molecule is Cn1cc(S(=O)(=O)N(CC(=O)Nc2ccc(C(N)=O)cc2)c2ccccc2)cc1C(N)=O. The summed E-state index contributed by atoms with van der Waals surface area (Å²) in [7, 11) is -2.72. The van der Waals surface area contributed by atoms with Gasteiger partial charge in [0.2, 0.25) is 11.8 Å². The standard InChI is InChI=1S/C21H21N5O5S/c1-25-12-17(11-18(25)21(23)29)32(30,31)26(16-5-3-2-4-6-16)13-19(27)24-15-9-7-14(8-10-15)20(22)28/h2-12H,13H2,1H3,(H2,22,28)(H2,23,29)(H,24,27). The zero-order valence-corrected chi connectivity index (χ0v) is 17.9. The van der Waals surface area contributed by atoms with Crippen LogP contribution in [-0.4, -0.2) is 37.3 Å². The van der Waals surface area contributed by atoms with Gasteiger partial charge in [-0.1, -0.05) is 18.2 Å². The van der Waals surface area contributed by atoms with E-state index >= 15 is 0 Å². The molecule has 0 fully saturated rings. The molecule has 1 heterocycles. The molecule has 3 aromatic rings. The summed E-state index contributed by atoms with van der Waals surface area (Å²) in [5.41, 5.74) is 11.4. The first-order valence-corrected chi connectivity index (χ1v) is 10.8. The molecule has 10 nitrogen and oxygen atoms in total. The minimum atomic E-state index is -4.21. The lowest BCUT2D eigenvalue weighted by Crippen LogP contribution is -2.38. The number of nitrogens with one attached hydrogen (secondary N) is 1. The molecular weight excluding hydrogens is 434 g/mol. The van der Waals surface area contributed by atoms with E-state index in [-0.39, 0.29) is 21.8 Å². The molecule has 5 N–H and O–H groups in total. The Morgan fingerprint density at radius 3 is 2.12 bits per heavy atom. The highest BCUT2D eigenvalue weighted by Crippen LogP contribution is 2.25. The smallest absolute Gasteiger partial charge is 0.266 e. The molecule has 0 saturated heterocycles. The molecule has 0 aliphatic carbocycles.